The zero-order chi connectivity index (χ0) is 16.8. The Morgan fingerprint density at radius 3 is 1.75 bits per heavy atom. The van der Waals surface area contributed by atoms with Gasteiger partial charge in [-0.2, -0.15) is 0 Å². The van der Waals surface area contributed by atoms with Crippen molar-refractivity contribution in [3.63, 3.8) is 0 Å². The summed E-state index contributed by atoms with van der Waals surface area (Å²) in [5.74, 6) is -1.45. The predicted octanol–water partition coefficient (Wildman–Crippen LogP) is 2.78. The van der Waals surface area contributed by atoms with Gasteiger partial charge in [0.2, 0.25) is 5.95 Å². The smallest absolute Gasteiger partial charge is 0.286 e. The van der Waals surface area contributed by atoms with Crippen molar-refractivity contribution in [2.75, 3.05) is 10.2 Å². The summed E-state index contributed by atoms with van der Waals surface area (Å²) >= 11 is 0. The lowest BCUT2D eigenvalue weighted by molar-refractivity contribution is -0.134. The highest BCUT2D eigenvalue weighted by Gasteiger charge is 2.25. The van der Waals surface area contributed by atoms with Gasteiger partial charge in [-0.3, -0.25) is 19.8 Å². The molecule has 0 aliphatic carbocycles. The monoisotopic (exact) mass is 318 g/mol. The van der Waals surface area contributed by atoms with E-state index in [0.29, 0.717) is 11.4 Å². The number of hydrogen-bond donors (Lipinski definition) is 1. The second-order valence-corrected chi connectivity index (χ2v) is 4.84. The molecule has 0 spiro atoms. The van der Waals surface area contributed by atoms with Crippen molar-refractivity contribution in [2.24, 2.45) is 0 Å². The summed E-state index contributed by atoms with van der Waals surface area (Å²) in [4.78, 5) is 34.2. The molecule has 0 radical (unpaired) electrons. The maximum Gasteiger partial charge on any atom is 0.321 e. The third-order valence-corrected chi connectivity index (χ3v) is 3.22. The van der Waals surface area contributed by atoms with Gasteiger partial charge in [0.15, 0.2) is 0 Å². The Hall–Kier alpha value is -3.54. The molecule has 0 unspecified atom stereocenters. The van der Waals surface area contributed by atoms with Crippen LogP contribution in [0.25, 0.3) is 0 Å². The number of anilines is 3. The van der Waals surface area contributed by atoms with Gasteiger partial charge in [-0.05, 0) is 30.3 Å². The number of benzene rings is 2. The van der Waals surface area contributed by atoms with Gasteiger partial charge in [0.05, 0.1) is 0 Å². The first kappa shape index (κ1) is 15.4. The van der Waals surface area contributed by atoms with Gasteiger partial charge in [-0.1, -0.05) is 36.4 Å². The molecule has 6 nitrogen and oxygen atoms in total. The molecule has 0 saturated carbocycles. The predicted molar refractivity (Wildman–Crippen MR) is 90.7 cm³/mol. The van der Waals surface area contributed by atoms with Crippen LogP contribution in [0.3, 0.4) is 0 Å². The van der Waals surface area contributed by atoms with Crippen LogP contribution in [0.4, 0.5) is 17.3 Å². The number of nitrogens with zero attached hydrogens (tertiary/aromatic N) is 3. The number of amides is 2. The van der Waals surface area contributed by atoms with E-state index in [9.17, 15) is 9.59 Å². The highest BCUT2D eigenvalue weighted by atomic mass is 16.2. The number of aromatic nitrogens is 2. The molecule has 0 fully saturated rings. The van der Waals surface area contributed by atoms with E-state index in [-0.39, 0.29) is 5.95 Å². The Morgan fingerprint density at radius 2 is 1.25 bits per heavy atom. The standard InChI is InChI=1S/C18H14N4O2/c23-16(21-18-19-12-7-13-20-18)17(24)22(14-8-3-1-4-9-14)15-10-5-2-6-11-15/h1-13H,(H,19,20,21,23). The summed E-state index contributed by atoms with van der Waals surface area (Å²) in [7, 11) is 0. The van der Waals surface area contributed by atoms with Crippen molar-refractivity contribution in [3.05, 3.63) is 79.1 Å². The number of carbonyl (C=O) groups is 2. The Morgan fingerprint density at radius 1 is 0.750 bits per heavy atom. The lowest BCUT2D eigenvalue weighted by Crippen LogP contribution is -2.37. The molecule has 118 valence electrons. The second kappa shape index (κ2) is 7.15. The molecule has 0 bridgehead atoms. The Bertz CT molecular complexity index is 784. The Balaban J connectivity index is 1.91. The molecular formula is C18H14N4O2. The van der Waals surface area contributed by atoms with E-state index in [1.807, 2.05) is 12.1 Å². The zero-order valence-electron chi connectivity index (χ0n) is 12.7. The van der Waals surface area contributed by atoms with Crippen molar-refractivity contribution in [1.29, 1.82) is 0 Å². The number of nitrogens with one attached hydrogen (secondary N) is 1. The van der Waals surface area contributed by atoms with Crippen molar-refractivity contribution >= 4 is 29.1 Å². The van der Waals surface area contributed by atoms with Crippen LogP contribution in [0.15, 0.2) is 79.1 Å². The molecule has 0 atom stereocenters. The minimum atomic E-state index is -0.811. The fraction of sp³-hybridized carbons (Fsp3) is 0. The normalized spacial score (nSPS) is 10.0. The molecule has 0 saturated heterocycles. The van der Waals surface area contributed by atoms with Crippen molar-refractivity contribution in [2.45, 2.75) is 0 Å². The molecule has 6 heteroatoms. The fourth-order valence-electron chi connectivity index (χ4n) is 2.16. The van der Waals surface area contributed by atoms with Crippen molar-refractivity contribution < 1.29 is 9.59 Å². The quantitative estimate of drug-likeness (QED) is 0.754. The number of para-hydroxylation sites is 2. The zero-order valence-corrected chi connectivity index (χ0v) is 12.7. The Labute approximate surface area is 138 Å². The van der Waals surface area contributed by atoms with Crippen LogP contribution in [-0.4, -0.2) is 21.8 Å². The maximum atomic E-state index is 12.7. The summed E-state index contributed by atoms with van der Waals surface area (Å²) in [6.45, 7) is 0. The minimum Gasteiger partial charge on any atom is -0.286 e. The van der Waals surface area contributed by atoms with E-state index in [2.05, 4.69) is 15.3 Å². The second-order valence-electron chi connectivity index (χ2n) is 4.84. The molecule has 2 amide bonds. The molecular weight excluding hydrogens is 304 g/mol. The molecule has 1 N–H and O–H groups in total. The molecule has 2 aromatic carbocycles. The van der Waals surface area contributed by atoms with Crippen LogP contribution in [0.1, 0.15) is 0 Å². The summed E-state index contributed by atoms with van der Waals surface area (Å²) in [5, 5.41) is 2.41. The van der Waals surface area contributed by atoms with Gasteiger partial charge in [0.1, 0.15) is 0 Å². The van der Waals surface area contributed by atoms with Crippen molar-refractivity contribution in [3.8, 4) is 0 Å². The average molecular weight is 318 g/mol. The summed E-state index contributed by atoms with van der Waals surface area (Å²) < 4.78 is 0. The van der Waals surface area contributed by atoms with Crippen LogP contribution < -0.4 is 10.2 Å². The summed E-state index contributed by atoms with van der Waals surface area (Å²) in [6.07, 6.45) is 2.97. The van der Waals surface area contributed by atoms with Gasteiger partial charge in [0.25, 0.3) is 0 Å². The van der Waals surface area contributed by atoms with Gasteiger partial charge < -0.3 is 0 Å². The lowest BCUT2D eigenvalue weighted by Gasteiger charge is -2.22. The molecule has 3 rings (SSSR count). The summed E-state index contributed by atoms with van der Waals surface area (Å²) in [5.41, 5.74) is 1.19. The first-order chi connectivity index (χ1) is 11.8. The SMILES string of the molecule is O=C(Nc1ncccn1)C(=O)N(c1ccccc1)c1ccccc1. The van der Waals surface area contributed by atoms with Crippen LogP contribution in [0.2, 0.25) is 0 Å². The van der Waals surface area contributed by atoms with E-state index in [1.54, 1.807) is 54.6 Å². The number of rotatable bonds is 3. The maximum absolute atomic E-state index is 12.7. The van der Waals surface area contributed by atoms with E-state index in [0.717, 1.165) is 0 Å². The van der Waals surface area contributed by atoms with E-state index in [4.69, 9.17) is 0 Å². The van der Waals surface area contributed by atoms with Crippen LogP contribution in [-0.2, 0) is 9.59 Å². The highest BCUT2D eigenvalue weighted by molar-refractivity contribution is 6.45. The van der Waals surface area contributed by atoms with E-state index >= 15 is 0 Å². The van der Waals surface area contributed by atoms with Crippen LogP contribution in [0, 0.1) is 0 Å². The first-order valence-corrected chi connectivity index (χ1v) is 7.28. The number of carbonyl (C=O) groups excluding carboxylic acids is 2. The van der Waals surface area contributed by atoms with Gasteiger partial charge >= 0.3 is 11.8 Å². The van der Waals surface area contributed by atoms with E-state index in [1.165, 1.54) is 17.3 Å². The lowest BCUT2D eigenvalue weighted by atomic mass is 10.2. The minimum absolute atomic E-state index is 0.0805. The van der Waals surface area contributed by atoms with Crippen LogP contribution in [0.5, 0.6) is 0 Å². The third kappa shape index (κ3) is 3.44. The van der Waals surface area contributed by atoms with Gasteiger partial charge in [-0.15, -0.1) is 0 Å². The van der Waals surface area contributed by atoms with Gasteiger partial charge in [0, 0.05) is 23.8 Å². The molecule has 1 heterocycles. The molecule has 0 aliphatic rings. The topological polar surface area (TPSA) is 75.2 Å². The third-order valence-electron chi connectivity index (χ3n) is 3.22. The molecule has 24 heavy (non-hydrogen) atoms. The molecule has 1 aromatic heterocycles. The molecule has 0 aliphatic heterocycles. The Kier molecular flexibility index (Phi) is 4.57. The van der Waals surface area contributed by atoms with E-state index < -0.39 is 11.8 Å². The summed E-state index contributed by atoms with van der Waals surface area (Å²) in [6, 6.07) is 19.6. The number of hydrogen-bond acceptors (Lipinski definition) is 4. The highest BCUT2D eigenvalue weighted by Crippen LogP contribution is 2.25. The fourth-order valence-corrected chi connectivity index (χ4v) is 2.16. The average Bonchev–Trinajstić information content (AvgIpc) is 2.64. The first-order valence-electron chi connectivity index (χ1n) is 7.28. The largest absolute Gasteiger partial charge is 0.321 e. The van der Waals surface area contributed by atoms with Gasteiger partial charge in [-0.25, -0.2) is 9.97 Å². The van der Waals surface area contributed by atoms with Crippen molar-refractivity contribution in [1.82, 2.24) is 9.97 Å². The molecule has 3 aromatic rings. The van der Waals surface area contributed by atoms with Crippen LogP contribution >= 0.6 is 0 Å².